The highest BCUT2D eigenvalue weighted by molar-refractivity contribution is 7.80. The first kappa shape index (κ1) is 19.3. The number of rotatable bonds is 4. The molecule has 1 unspecified atom stereocenters. The number of halogens is 1. The molecule has 0 saturated carbocycles. The molecule has 0 radical (unpaired) electrons. The van der Waals surface area contributed by atoms with Gasteiger partial charge in [-0.1, -0.05) is 18.2 Å². The molecule has 0 amide bonds. The lowest BCUT2D eigenvalue weighted by molar-refractivity contribution is 0.287. The van der Waals surface area contributed by atoms with Crippen LogP contribution in [0.15, 0.2) is 60.8 Å². The number of aromatic nitrogens is 1. The Morgan fingerprint density at radius 1 is 1.07 bits per heavy atom. The second kappa shape index (κ2) is 8.13. The maximum Gasteiger partial charge on any atom is 0.174 e. The Balaban J connectivity index is 1.70. The fraction of sp³-hybridized carbons (Fsp3) is 0.227. The normalized spacial score (nSPS) is 15.6. The van der Waals surface area contributed by atoms with E-state index in [9.17, 15) is 4.39 Å². The van der Waals surface area contributed by atoms with Gasteiger partial charge in [0.15, 0.2) is 5.11 Å². The van der Waals surface area contributed by atoms with Crippen molar-refractivity contribution in [3.05, 3.63) is 77.9 Å². The Bertz CT molecular complexity index is 1040. The lowest BCUT2D eigenvalue weighted by Crippen LogP contribution is -2.44. The summed E-state index contributed by atoms with van der Waals surface area (Å²) in [6.07, 6.45) is 2.02. The van der Waals surface area contributed by atoms with Crippen LogP contribution < -0.4 is 14.8 Å². The van der Waals surface area contributed by atoms with Gasteiger partial charge in [-0.05, 0) is 42.5 Å². The number of anilines is 1. The average Bonchev–Trinajstić information content (AvgIpc) is 3.22. The fourth-order valence-corrected chi connectivity index (χ4v) is 4.03. The minimum Gasteiger partial charge on any atom is -0.497 e. The quantitative estimate of drug-likeness (QED) is 0.643. The molecule has 1 N–H and O–H groups in total. The summed E-state index contributed by atoms with van der Waals surface area (Å²) in [6, 6.07) is 16.0. The van der Waals surface area contributed by atoms with Crippen molar-refractivity contribution in [1.82, 2.24) is 9.47 Å². The first-order valence-electron chi connectivity index (χ1n) is 9.31. The Hall–Kier alpha value is -3.06. The van der Waals surface area contributed by atoms with Gasteiger partial charge in [0.25, 0.3) is 0 Å². The number of fused-ring (bicyclic) bond motifs is 1. The molecule has 1 aromatic heterocycles. The molecule has 0 fully saturated rings. The molecule has 2 heterocycles. The van der Waals surface area contributed by atoms with Crippen LogP contribution in [0.2, 0.25) is 0 Å². The standard InChI is InChI=1S/C22H22FN3O2S/c1-27-15-9-10-20(28-2)18(14-15)24-22(29)26-13-12-25-11-5-8-19(25)21(26)16-6-3-4-7-17(16)23/h3-11,14,21H,12-13H2,1-2H3,(H,24,29). The van der Waals surface area contributed by atoms with Crippen molar-refractivity contribution in [3.63, 3.8) is 0 Å². The van der Waals surface area contributed by atoms with Gasteiger partial charge >= 0.3 is 0 Å². The molecule has 0 saturated heterocycles. The maximum atomic E-state index is 14.7. The molecule has 7 heteroatoms. The predicted octanol–water partition coefficient (Wildman–Crippen LogP) is 4.45. The molecule has 150 valence electrons. The molecular formula is C22H22FN3O2S. The lowest BCUT2D eigenvalue weighted by Gasteiger charge is -2.39. The first-order chi connectivity index (χ1) is 14.1. The highest BCUT2D eigenvalue weighted by Gasteiger charge is 2.32. The summed E-state index contributed by atoms with van der Waals surface area (Å²) in [5.74, 6) is 1.09. The third-order valence-corrected chi connectivity index (χ3v) is 5.48. The number of thiocarbonyl (C=S) groups is 1. The van der Waals surface area contributed by atoms with E-state index in [1.54, 1.807) is 20.3 Å². The van der Waals surface area contributed by atoms with Crippen LogP contribution in [-0.2, 0) is 6.54 Å². The van der Waals surface area contributed by atoms with E-state index in [1.165, 1.54) is 6.07 Å². The number of nitrogens with one attached hydrogen (secondary N) is 1. The Morgan fingerprint density at radius 2 is 1.90 bits per heavy atom. The van der Waals surface area contributed by atoms with Gasteiger partial charge < -0.3 is 24.3 Å². The SMILES string of the molecule is COc1ccc(OC)c(NC(=S)N2CCn3cccc3C2c2ccccc2F)c1. The Labute approximate surface area is 174 Å². The summed E-state index contributed by atoms with van der Waals surface area (Å²) in [5, 5.41) is 3.77. The minimum absolute atomic E-state index is 0.251. The second-order valence-electron chi connectivity index (χ2n) is 6.74. The third-order valence-electron chi connectivity index (χ3n) is 5.15. The first-order valence-corrected chi connectivity index (χ1v) is 9.72. The van der Waals surface area contributed by atoms with Gasteiger partial charge in [0.05, 0.1) is 25.9 Å². The van der Waals surface area contributed by atoms with Crippen molar-refractivity contribution in [3.8, 4) is 11.5 Å². The number of ether oxygens (including phenoxy) is 2. The van der Waals surface area contributed by atoms with Crippen LogP contribution in [0.25, 0.3) is 0 Å². The number of benzene rings is 2. The zero-order valence-corrected chi connectivity index (χ0v) is 17.1. The highest BCUT2D eigenvalue weighted by atomic mass is 32.1. The molecule has 3 aromatic rings. The largest absolute Gasteiger partial charge is 0.497 e. The van der Waals surface area contributed by atoms with Crippen LogP contribution >= 0.6 is 12.2 Å². The molecule has 29 heavy (non-hydrogen) atoms. The summed E-state index contributed by atoms with van der Waals surface area (Å²) < 4.78 is 27.6. The van der Waals surface area contributed by atoms with Crippen LogP contribution in [0.4, 0.5) is 10.1 Å². The Kier molecular flexibility index (Phi) is 5.40. The smallest absolute Gasteiger partial charge is 0.174 e. The van der Waals surface area contributed by atoms with Gasteiger partial charge in [-0.3, -0.25) is 0 Å². The molecule has 2 aromatic carbocycles. The summed E-state index contributed by atoms with van der Waals surface area (Å²) in [6.45, 7) is 1.42. The molecule has 0 aliphatic carbocycles. The molecule has 0 spiro atoms. The summed E-state index contributed by atoms with van der Waals surface area (Å²) in [4.78, 5) is 2.02. The van der Waals surface area contributed by atoms with Crippen molar-refractivity contribution in [2.45, 2.75) is 12.6 Å². The van der Waals surface area contributed by atoms with Gasteiger partial charge in [0, 0.05) is 36.6 Å². The van der Waals surface area contributed by atoms with Crippen molar-refractivity contribution < 1.29 is 13.9 Å². The maximum absolute atomic E-state index is 14.7. The molecule has 0 bridgehead atoms. The van der Waals surface area contributed by atoms with Crippen LogP contribution in [0.3, 0.4) is 0 Å². The van der Waals surface area contributed by atoms with E-state index in [1.807, 2.05) is 53.6 Å². The zero-order chi connectivity index (χ0) is 20.4. The van der Waals surface area contributed by atoms with Gasteiger partial charge in [0.2, 0.25) is 0 Å². The van der Waals surface area contributed by atoms with E-state index in [4.69, 9.17) is 21.7 Å². The van der Waals surface area contributed by atoms with Crippen LogP contribution in [0.5, 0.6) is 11.5 Å². The van der Waals surface area contributed by atoms with E-state index in [-0.39, 0.29) is 11.9 Å². The van der Waals surface area contributed by atoms with Crippen molar-refractivity contribution >= 4 is 23.0 Å². The van der Waals surface area contributed by atoms with Crippen LogP contribution in [0, 0.1) is 5.82 Å². The minimum atomic E-state index is -0.323. The lowest BCUT2D eigenvalue weighted by atomic mass is 10.00. The molecule has 4 rings (SSSR count). The second-order valence-corrected chi connectivity index (χ2v) is 7.13. The monoisotopic (exact) mass is 411 g/mol. The number of hydrogen-bond donors (Lipinski definition) is 1. The predicted molar refractivity (Wildman–Crippen MR) is 115 cm³/mol. The molecule has 5 nitrogen and oxygen atoms in total. The van der Waals surface area contributed by atoms with E-state index in [0.717, 1.165) is 12.2 Å². The van der Waals surface area contributed by atoms with Crippen molar-refractivity contribution in [2.24, 2.45) is 0 Å². The van der Waals surface area contributed by atoms with E-state index >= 15 is 0 Å². The van der Waals surface area contributed by atoms with Crippen LogP contribution in [0.1, 0.15) is 17.3 Å². The van der Waals surface area contributed by atoms with Crippen molar-refractivity contribution in [1.29, 1.82) is 0 Å². The Morgan fingerprint density at radius 3 is 2.66 bits per heavy atom. The number of hydrogen-bond acceptors (Lipinski definition) is 3. The van der Waals surface area contributed by atoms with Gasteiger partial charge in [-0.2, -0.15) is 0 Å². The fourth-order valence-electron chi connectivity index (χ4n) is 3.73. The molecule has 1 aliphatic heterocycles. The van der Waals surface area contributed by atoms with E-state index in [2.05, 4.69) is 9.88 Å². The topological polar surface area (TPSA) is 38.7 Å². The van der Waals surface area contributed by atoms with Gasteiger partial charge in [0.1, 0.15) is 17.3 Å². The van der Waals surface area contributed by atoms with Gasteiger partial charge in [-0.25, -0.2) is 4.39 Å². The molecular weight excluding hydrogens is 389 g/mol. The summed E-state index contributed by atoms with van der Waals surface area (Å²) >= 11 is 5.75. The third kappa shape index (κ3) is 3.65. The molecule has 1 atom stereocenters. The highest BCUT2D eigenvalue weighted by Crippen LogP contribution is 2.35. The molecule has 1 aliphatic rings. The van der Waals surface area contributed by atoms with Gasteiger partial charge in [-0.15, -0.1) is 0 Å². The van der Waals surface area contributed by atoms with Crippen molar-refractivity contribution in [2.75, 3.05) is 26.1 Å². The van der Waals surface area contributed by atoms with E-state index in [0.29, 0.717) is 34.4 Å². The number of nitrogens with zero attached hydrogens (tertiary/aromatic N) is 2. The van der Waals surface area contributed by atoms with Crippen LogP contribution in [-0.4, -0.2) is 35.3 Å². The van der Waals surface area contributed by atoms with E-state index < -0.39 is 0 Å². The summed E-state index contributed by atoms with van der Waals surface area (Å²) in [5.41, 5.74) is 2.29. The zero-order valence-electron chi connectivity index (χ0n) is 16.3. The number of methoxy groups -OCH3 is 2. The summed E-state index contributed by atoms with van der Waals surface area (Å²) in [7, 11) is 3.21. The average molecular weight is 412 g/mol.